The normalized spacial score (nSPS) is 11.6. The summed E-state index contributed by atoms with van der Waals surface area (Å²) in [7, 11) is 3.77. The fraction of sp³-hybridized carbons (Fsp3) is 0.207. The Morgan fingerprint density at radius 2 is 1.55 bits per heavy atom. The van der Waals surface area contributed by atoms with Gasteiger partial charge in [0.05, 0.1) is 27.8 Å². The molecule has 4 rings (SSSR count). The van der Waals surface area contributed by atoms with Gasteiger partial charge in [-0.25, -0.2) is 4.79 Å². The number of phenolic OH excluding ortho intramolecular Hbond substituents is 3. The molecule has 0 radical (unpaired) electrons. The van der Waals surface area contributed by atoms with Crippen LogP contribution in [0.2, 0.25) is 0 Å². The predicted octanol–water partition coefficient (Wildman–Crippen LogP) is 3.83. The number of fused-ring (bicyclic) bond motifs is 1. The number of ether oxygens (including phenoxy) is 4. The van der Waals surface area contributed by atoms with Crippen LogP contribution in [0.5, 0.6) is 28.7 Å². The summed E-state index contributed by atoms with van der Waals surface area (Å²) < 4.78 is 26.4. The smallest absolute Gasteiger partial charge is 0.343 e. The first-order valence-electron chi connectivity index (χ1n) is 11.9. The summed E-state index contributed by atoms with van der Waals surface area (Å²) in [6.07, 6.45) is -0.367. The summed E-state index contributed by atoms with van der Waals surface area (Å²) in [4.78, 5) is 37.2. The Morgan fingerprint density at radius 1 is 0.850 bits per heavy atom. The van der Waals surface area contributed by atoms with Crippen molar-refractivity contribution in [1.82, 2.24) is 0 Å². The van der Waals surface area contributed by atoms with Crippen LogP contribution < -0.4 is 14.9 Å². The second-order valence-electron chi connectivity index (χ2n) is 8.61. The minimum Gasteiger partial charge on any atom is -0.504 e. The maximum Gasteiger partial charge on any atom is 0.343 e. The van der Waals surface area contributed by atoms with E-state index in [0.717, 1.165) is 6.07 Å². The molecule has 0 aliphatic carbocycles. The van der Waals surface area contributed by atoms with Crippen LogP contribution in [0.15, 0.2) is 63.8 Å². The maximum atomic E-state index is 13.2. The minimum absolute atomic E-state index is 0.129. The van der Waals surface area contributed by atoms with E-state index in [1.54, 1.807) is 30.3 Å². The fourth-order valence-corrected chi connectivity index (χ4v) is 4.29. The van der Waals surface area contributed by atoms with Crippen LogP contribution in [0.4, 0.5) is 0 Å². The van der Waals surface area contributed by atoms with Crippen LogP contribution in [0.1, 0.15) is 23.5 Å². The molecule has 0 bridgehead atoms. The van der Waals surface area contributed by atoms with E-state index >= 15 is 0 Å². The van der Waals surface area contributed by atoms with Crippen molar-refractivity contribution in [2.75, 3.05) is 27.9 Å². The number of esters is 2. The van der Waals surface area contributed by atoms with Crippen molar-refractivity contribution in [2.24, 2.45) is 0 Å². The van der Waals surface area contributed by atoms with Crippen molar-refractivity contribution in [3.8, 4) is 40.1 Å². The zero-order chi connectivity index (χ0) is 29.0. The molecule has 11 nitrogen and oxygen atoms in total. The maximum absolute atomic E-state index is 13.2. The number of hydrogen-bond acceptors (Lipinski definition) is 11. The first kappa shape index (κ1) is 27.8. The largest absolute Gasteiger partial charge is 0.504 e. The van der Waals surface area contributed by atoms with Crippen LogP contribution in [-0.4, -0.2) is 55.2 Å². The van der Waals surface area contributed by atoms with Crippen LogP contribution in [0.25, 0.3) is 22.3 Å². The van der Waals surface area contributed by atoms with Crippen LogP contribution in [-0.2, 0) is 19.1 Å². The molecule has 0 amide bonds. The third-order valence-corrected chi connectivity index (χ3v) is 6.30. The van der Waals surface area contributed by atoms with Gasteiger partial charge in [0.1, 0.15) is 16.7 Å². The first-order valence-corrected chi connectivity index (χ1v) is 11.9. The van der Waals surface area contributed by atoms with Gasteiger partial charge in [0, 0.05) is 23.1 Å². The highest BCUT2D eigenvalue weighted by Crippen LogP contribution is 2.50. The Hall–Kier alpha value is -5.19. The molecule has 0 spiro atoms. The van der Waals surface area contributed by atoms with Gasteiger partial charge < -0.3 is 38.7 Å². The molecule has 11 heteroatoms. The van der Waals surface area contributed by atoms with Gasteiger partial charge in [-0.1, -0.05) is 36.4 Å². The highest BCUT2D eigenvalue weighted by molar-refractivity contribution is 5.93. The van der Waals surface area contributed by atoms with Crippen molar-refractivity contribution in [1.29, 1.82) is 0 Å². The lowest BCUT2D eigenvalue weighted by Gasteiger charge is -2.22. The molecular formula is C29H26O11. The van der Waals surface area contributed by atoms with Gasteiger partial charge in [-0.3, -0.25) is 9.59 Å². The van der Waals surface area contributed by atoms with Crippen LogP contribution in [0.3, 0.4) is 0 Å². The molecule has 3 aromatic carbocycles. The lowest BCUT2D eigenvalue weighted by molar-refractivity contribution is -0.143. The fourth-order valence-electron chi connectivity index (χ4n) is 4.29. The van der Waals surface area contributed by atoms with Gasteiger partial charge >= 0.3 is 11.9 Å². The third kappa shape index (κ3) is 5.35. The molecule has 40 heavy (non-hydrogen) atoms. The van der Waals surface area contributed by atoms with Crippen molar-refractivity contribution in [2.45, 2.75) is 12.3 Å². The molecule has 0 unspecified atom stereocenters. The Bertz CT molecular complexity index is 1620. The highest BCUT2D eigenvalue weighted by atomic mass is 16.6. The first-order chi connectivity index (χ1) is 19.2. The molecule has 3 N–H and O–H groups in total. The number of carbonyl (C=O) groups excluding carboxylic acids is 2. The highest BCUT2D eigenvalue weighted by Gasteiger charge is 2.32. The lowest BCUT2D eigenvalue weighted by atomic mass is 9.86. The molecule has 0 saturated heterocycles. The number of aromatic hydroxyl groups is 3. The summed E-state index contributed by atoms with van der Waals surface area (Å²) >= 11 is 0. The summed E-state index contributed by atoms with van der Waals surface area (Å²) in [5, 5.41) is 31.9. The summed E-state index contributed by atoms with van der Waals surface area (Å²) in [5.74, 6) is -4.50. The van der Waals surface area contributed by atoms with Crippen LogP contribution >= 0.6 is 0 Å². The van der Waals surface area contributed by atoms with E-state index in [1.165, 1.54) is 39.5 Å². The van der Waals surface area contributed by atoms with Gasteiger partial charge in [0.15, 0.2) is 35.0 Å². The van der Waals surface area contributed by atoms with E-state index < -0.39 is 40.5 Å². The van der Waals surface area contributed by atoms with Crippen molar-refractivity contribution >= 4 is 22.9 Å². The van der Waals surface area contributed by atoms with Crippen molar-refractivity contribution in [3.05, 3.63) is 75.9 Å². The Kier molecular flexibility index (Phi) is 8.13. The van der Waals surface area contributed by atoms with Crippen LogP contribution in [0, 0.1) is 0 Å². The Morgan fingerprint density at radius 3 is 2.20 bits per heavy atom. The molecular weight excluding hydrogens is 524 g/mol. The number of carbonyl (C=O) groups is 2. The number of rotatable bonds is 9. The monoisotopic (exact) mass is 550 g/mol. The number of hydrogen-bond donors (Lipinski definition) is 3. The third-order valence-electron chi connectivity index (χ3n) is 6.30. The summed E-state index contributed by atoms with van der Waals surface area (Å²) in [5.41, 5.74) is -0.163. The average molecular weight is 551 g/mol. The van der Waals surface area contributed by atoms with Crippen molar-refractivity contribution < 1.29 is 48.3 Å². The molecule has 1 heterocycles. The van der Waals surface area contributed by atoms with E-state index in [1.807, 2.05) is 0 Å². The number of benzene rings is 3. The van der Waals surface area contributed by atoms with E-state index in [2.05, 4.69) is 4.74 Å². The zero-order valence-electron chi connectivity index (χ0n) is 21.8. The number of methoxy groups -OCH3 is 3. The van der Waals surface area contributed by atoms with Gasteiger partial charge in [0.25, 0.3) is 0 Å². The van der Waals surface area contributed by atoms with Gasteiger partial charge in [-0.05, 0) is 17.7 Å². The van der Waals surface area contributed by atoms with E-state index in [0.29, 0.717) is 11.1 Å². The van der Waals surface area contributed by atoms with Gasteiger partial charge in [-0.2, -0.15) is 0 Å². The molecule has 0 fully saturated rings. The molecule has 0 aliphatic rings. The molecule has 0 aliphatic heterocycles. The average Bonchev–Trinajstić information content (AvgIpc) is 2.98. The Balaban J connectivity index is 1.98. The van der Waals surface area contributed by atoms with E-state index in [-0.39, 0.29) is 46.8 Å². The molecule has 0 saturated carbocycles. The standard InChI is InChI=1S/C29H26O11/c1-36-21-11-16(9-10-19(21)39-14-23(32)38-3)17(12-22(31)37-2)24-26(33)28(35)27(34)25-18(30)13-20(40-29(24)25)15-7-5-4-6-8-15/h4-11,13,17,33-35H,12,14H2,1-3H3/t17-/m1/s1. The van der Waals surface area contributed by atoms with E-state index in [9.17, 15) is 29.7 Å². The molecule has 208 valence electrons. The van der Waals surface area contributed by atoms with Gasteiger partial charge in [0.2, 0.25) is 5.75 Å². The van der Waals surface area contributed by atoms with E-state index in [4.69, 9.17) is 18.6 Å². The lowest BCUT2D eigenvalue weighted by Crippen LogP contribution is -2.14. The molecule has 4 aromatic rings. The predicted molar refractivity (Wildman–Crippen MR) is 142 cm³/mol. The minimum atomic E-state index is -1.07. The second kappa shape index (κ2) is 11.7. The van der Waals surface area contributed by atoms with Gasteiger partial charge in [-0.15, -0.1) is 0 Å². The Labute approximate surface area is 227 Å². The summed E-state index contributed by atoms with van der Waals surface area (Å²) in [6.45, 7) is -0.386. The van der Waals surface area contributed by atoms with Crippen molar-refractivity contribution in [3.63, 3.8) is 0 Å². The SMILES string of the molecule is COC(=O)COc1ccc([C@@H](CC(=O)OC)c2c(O)c(O)c(O)c3c(=O)cc(-c4ccccc4)oc23)cc1OC. The quantitative estimate of drug-likeness (QED) is 0.205. The topological polar surface area (TPSA) is 162 Å². The second-order valence-corrected chi connectivity index (χ2v) is 8.61. The zero-order valence-corrected chi connectivity index (χ0v) is 21.8. The number of phenols is 3. The molecule has 1 atom stereocenters. The summed E-state index contributed by atoms with van der Waals surface area (Å²) in [6, 6.07) is 14.3. The molecule has 1 aromatic heterocycles.